The first kappa shape index (κ1) is 23.3. The molecule has 0 spiro atoms. The van der Waals surface area contributed by atoms with Crippen molar-refractivity contribution < 1.29 is 18.7 Å². The quantitative estimate of drug-likeness (QED) is 0.278. The molecule has 5 rings (SSSR count). The summed E-state index contributed by atoms with van der Waals surface area (Å²) >= 11 is 0. The summed E-state index contributed by atoms with van der Waals surface area (Å²) in [4.78, 5) is 35.1. The predicted molar refractivity (Wildman–Crippen MR) is 133 cm³/mol. The Morgan fingerprint density at radius 1 is 1.14 bits per heavy atom. The molecule has 0 radical (unpaired) electrons. The monoisotopic (exact) mass is 485 g/mol. The fraction of sp³-hybridized carbons (Fsp3) is 0.259. The highest BCUT2D eigenvalue weighted by Gasteiger charge is 2.34. The molecule has 3 aromatic rings. The number of amides is 2. The van der Waals surface area contributed by atoms with E-state index in [0.717, 1.165) is 12.8 Å². The molecule has 1 aromatic heterocycles. The van der Waals surface area contributed by atoms with E-state index in [0.29, 0.717) is 59.6 Å². The van der Waals surface area contributed by atoms with Crippen LogP contribution in [0.5, 0.6) is 5.75 Å². The van der Waals surface area contributed by atoms with Gasteiger partial charge in [-0.2, -0.15) is 4.98 Å². The third-order valence-corrected chi connectivity index (χ3v) is 5.90. The van der Waals surface area contributed by atoms with Crippen LogP contribution < -0.4 is 15.4 Å². The molecule has 0 bridgehead atoms. The van der Waals surface area contributed by atoms with Crippen LogP contribution in [0.15, 0.2) is 48.7 Å². The van der Waals surface area contributed by atoms with E-state index in [-0.39, 0.29) is 17.6 Å². The van der Waals surface area contributed by atoms with Crippen LogP contribution in [0.4, 0.5) is 21.8 Å². The van der Waals surface area contributed by atoms with Crippen LogP contribution in [0, 0.1) is 17.7 Å². The van der Waals surface area contributed by atoms with Crippen molar-refractivity contribution in [2.45, 2.75) is 31.7 Å². The average Bonchev–Trinajstić information content (AvgIpc) is 3.67. The first-order valence-electron chi connectivity index (χ1n) is 11.7. The number of unbranched alkanes of at least 4 members (excludes halogenated alkanes) is 1. The Morgan fingerprint density at radius 2 is 1.89 bits per heavy atom. The molecule has 9 heteroatoms. The van der Waals surface area contributed by atoms with Gasteiger partial charge in [0, 0.05) is 30.8 Å². The number of ether oxygens (including phenoxy) is 1. The number of imide groups is 1. The zero-order valence-corrected chi connectivity index (χ0v) is 19.7. The lowest BCUT2D eigenvalue weighted by Gasteiger charge is -2.12. The van der Waals surface area contributed by atoms with Crippen molar-refractivity contribution in [2.75, 3.05) is 24.3 Å². The second kappa shape index (κ2) is 10.0. The maximum absolute atomic E-state index is 14.0. The highest BCUT2D eigenvalue weighted by atomic mass is 19.1. The van der Waals surface area contributed by atoms with Gasteiger partial charge in [-0.05, 0) is 43.5 Å². The molecule has 2 amide bonds. The molecule has 1 saturated carbocycles. The van der Waals surface area contributed by atoms with Crippen molar-refractivity contribution >= 4 is 29.3 Å². The molecule has 36 heavy (non-hydrogen) atoms. The Bertz CT molecular complexity index is 1360. The summed E-state index contributed by atoms with van der Waals surface area (Å²) in [7, 11) is 1.41. The van der Waals surface area contributed by atoms with Crippen LogP contribution in [-0.4, -0.2) is 46.4 Å². The van der Waals surface area contributed by atoms with Crippen LogP contribution in [0.3, 0.4) is 0 Å². The standard InChI is InChI=1S/C27H24FN5O3/c1-36-23-13-12-19(15-22(23)28)31-27-29-16-17(24(32-27)30-18-10-11-18)7-3-2-6-14-33-25(34)20-8-4-5-9-21(20)26(33)35/h4-5,8-9,12-13,15-16,18H,2,6,10-11,14H2,1H3,(H2,29,30,31,32). The Labute approximate surface area is 207 Å². The Kier molecular flexibility index (Phi) is 6.50. The van der Waals surface area contributed by atoms with Crippen LogP contribution >= 0.6 is 0 Å². The fourth-order valence-electron chi connectivity index (χ4n) is 3.86. The number of halogens is 1. The van der Waals surface area contributed by atoms with Gasteiger partial charge in [-0.15, -0.1) is 0 Å². The van der Waals surface area contributed by atoms with Crippen LogP contribution in [0.1, 0.15) is 52.0 Å². The number of aromatic nitrogens is 2. The lowest BCUT2D eigenvalue weighted by atomic mass is 10.1. The molecule has 2 aromatic carbocycles. The van der Waals surface area contributed by atoms with E-state index in [9.17, 15) is 14.0 Å². The number of nitrogens with zero attached hydrogens (tertiary/aromatic N) is 3. The van der Waals surface area contributed by atoms with Gasteiger partial charge in [0.15, 0.2) is 11.6 Å². The molecule has 2 heterocycles. The smallest absolute Gasteiger partial charge is 0.261 e. The topological polar surface area (TPSA) is 96.5 Å². The van der Waals surface area contributed by atoms with E-state index >= 15 is 0 Å². The van der Waals surface area contributed by atoms with E-state index in [1.165, 1.54) is 24.1 Å². The van der Waals surface area contributed by atoms with Crippen molar-refractivity contribution in [2.24, 2.45) is 0 Å². The Balaban J connectivity index is 1.23. The molecule has 8 nitrogen and oxygen atoms in total. The molecule has 182 valence electrons. The van der Waals surface area contributed by atoms with Gasteiger partial charge >= 0.3 is 0 Å². The molecule has 1 aliphatic carbocycles. The molecule has 2 N–H and O–H groups in total. The number of fused-ring (bicyclic) bond motifs is 1. The van der Waals surface area contributed by atoms with Gasteiger partial charge in [0.2, 0.25) is 5.95 Å². The Hall–Kier alpha value is -4.45. The van der Waals surface area contributed by atoms with Gasteiger partial charge in [-0.25, -0.2) is 9.37 Å². The number of anilines is 3. The summed E-state index contributed by atoms with van der Waals surface area (Å²) in [6.45, 7) is 0.311. The summed E-state index contributed by atoms with van der Waals surface area (Å²) in [6, 6.07) is 11.7. The zero-order chi connectivity index (χ0) is 25.1. The molecule has 0 unspecified atom stereocenters. The fourth-order valence-corrected chi connectivity index (χ4v) is 3.86. The van der Waals surface area contributed by atoms with Crippen molar-refractivity contribution in [3.8, 4) is 17.6 Å². The highest BCUT2D eigenvalue weighted by Crippen LogP contribution is 2.27. The van der Waals surface area contributed by atoms with Gasteiger partial charge < -0.3 is 15.4 Å². The Morgan fingerprint density at radius 3 is 2.56 bits per heavy atom. The van der Waals surface area contributed by atoms with Crippen molar-refractivity contribution in [3.63, 3.8) is 0 Å². The van der Waals surface area contributed by atoms with Crippen molar-refractivity contribution in [1.82, 2.24) is 14.9 Å². The summed E-state index contributed by atoms with van der Waals surface area (Å²) in [5, 5.41) is 6.37. The largest absolute Gasteiger partial charge is 0.494 e. The number of benzene rings is 2. The number of hydrogen-bond acceptors (Lipinski definition) is 7. The van der Waals surface area contributed by atoms with Crippen molar-refractivity contribution in [1.29, 1.82) is 0 Å². The summed E-state index contributed by atoms with van der Waals surface area (Å²) in [6.07, 6.45) is 4.80. The lowest BCUT2D eigenvalue weighted by molar-refractivity contribution is 0.0653. The van der Waals surface area contributed by atoms with Crippen LogP contribution in [0.25, 0.3) is 0 Å². The normalized spacial score (nSPS) is 14.2. The zero-order valence-electron chi connectivity index (χ0n) is 19.7. The number of methoxy groups -OCH3 is 1. The van der Waals surface area contributed by atoms with Gasteiger partial charge in [-0.3, -0.25) is 14.5 Å². The maximum atomic E-state index is 14.0. The molecule has 1 aliphatic heterocycles. The molecule has 2 aliphatic rings. The third-order valence-electron chi connectivity index (χ3n) is 5.90. The number of rotatable bonds is 8. The molecule has 0 saturated heterocycles. The van der Waals surface area contributed by atoms with Gasteiger partial charge in [0.1, 0.15) is 5.82 Å². The minimum atomic E-state index is -0.484. The minimum Gasteiger partial charge on any atom is -0.494 e. The number of carbonyl (C=O) groups is 2. The number of nitrogens with one attached hydrogen (secondary N) is 2. The van der Waals surface area contributed by atoms with E-state index in [1.54, 1.807) is 36.5 Å². The first-order chi connectivity index (χ1) is 17.5. The molecular weight excluding hydrogens is 461 g/mol. The minimum absolute atomic E-state index is 0.159. The number of carbonyl (C=O) groups excluding carboxylic acids is 2. The first-order valence-corrected chi connectivity index (χ1v) is 11.7. The van der Waals surface area contributed by atoms with Crippen molar-refractivity contribution in [3.05, 3.63) is 71.2 Å². The SMILES string of the molecule is COc1ccc(Nc2ncc(C#CCCCN3C(=O)c4ccccc4C3=O)c(NC3CC3)n2)cc1F. The van der Waals surface area contributed by atoms with E-state index in [2.05, 4.69) is 32.4 Å². The maximum Gasteiger partial charge on any atom is 0.261 e. The van der Waals surface area contributed by atoms with E-state index < -0.39 is 5.82 Å². The molecular formula is C27H24FN5O3. The summed E-state index contributed by atoms with van der Waals surface area (Å²) in [5.74, 6) is 6.28. The molecule has 1 fully saturated rings. The third kappa shape index (κ3) is 4.98. The van der Waals surface area contributed by atoms with Gasteiger partial charge in [0.25, 0.3) is 11.8 Å². The van der Waals surface area contributed by atoms with E-state index in [4.69, 9.17) is 4.74 Å². The second-order valence-corrected chi connectivity index (χ2v) is 8.56. The van der Waals surface area contributed by atoms with Gasteiger partial charge in [0.05, 0.1) is 30.0 Å². The van der Waals surface area contributed by atoms with Crippen LogP contribution in [0.2, 0.25) is 0 Å². The summed E-state index contributed by atoms with van der Waals surface area (Å²) in [5.41, 5.74) is 2.05. The summed E-state index contributed by atoms with van der Waals surface area (Å²) < 4.78 is 19.0. The average molecular weight is 486 g/mol. The highest BCUT2D eigenvalue weighted by molar-refractivity contribution is 6.21. The van der Waals surface area contributed by atoms with Gasteiger partial charge in [-0.1, -0.05) is 24.0 Å². The molecule has 0 atom stereocenters. The van der Waals surface area contributed by atoms with E-state index in [1.807, 2.05) is 0 Å². The second-order valence-electron chi connectivity index (χ2n) is 8.56. The number of hydrogen-bond donors (Lipinski definition) is 2. The lowest BCUT2D eigenvalue weighted by Crippen LogP contribution is -2.30. The van der Waals surface area contributed by atoms with Crippen LogP contribution in [-0.2, 0) is 0 Å². The predicted octanol–water partition coefficient (Wildman–Crippen LogP) is 4.37.